The van der Waals surface area contributed by atoms with Crippen LogP contribution in [0.15, 0.2) is 36.4 Å². The Hall–Kier alpha value is -2.10. The van der Waals surface area contributed by atoms with Crippen molar-refractivity contribution in [2.75, 3.05) is 0 Å². The van der Waals surface area contributed by atoms with Gasteiger partial charge in [0, 0.05) is 6.42 Å². The number of Topliss-reactive ketones (excluding diaryl/α,β-unsaturated/α-hetero) is 1. The number of hydrogen-bond acceptors (Lipinski definition) is 1. The lowest BCUT2D eigenvalue weighted by Gasteiger charge is -2.05. The topological polar surface area (TPSA) is 17.1 Å². The smallest absolute Gasteiger partial charge is 0.195 e. The Morgan fingerprint density at radius 1 is 0.900 bits per heavy atom. The first kappa shape index (κ1) is 14.3. The van der Waals surface area contributed by atoms with Crippen LogP contribution in [0.3, 0.4) is 0 Å². The second-order valence-corrected chi connectivity index (χ2v) is 4.49. The van der Waals surface area contributed by atoms with Gasteiger partial charge in [-0.25, -0.2) is 13.2 Å². The van der Waals surface area contributed by atoms with Crippen molar-refractivity contribution in [3.63, 3.8) is 0 Å². The molecule has 0 fully saturated rings. The minimum Gasteiger partial charge on any atom is -0.294 e. The summed E-state index contributed by atoms with van der Waals surface area (Å²) in [7, 11) is 0. The maximum atomic E-state index is 13.5. The summed E-state index contributed by atoms with van der Waals surface area (Å²) in [5, 5.41) is 0. The number of hydrogen-bond donors (Lipinski definition) is 0. The lowest BCUT2D eigenvalue weighted by Crippen LogP contribution is -2.08. The summed E-state index contributed by atoms with van der Waals surface area (Å²) in [6.45, 7) is 2.01. The summed E-state index contributed by atoms with van der Waals surface area (Å²) in [5.74, 6) is -4.92. The van der Waals surface area contributed by atoms with Gasteiger partial charge in [0.25, 0.3) is 0 Å². The molecule has 0 atom stereocenters. The van der Waals surface area contributed by atoms with Crippen molar-refractivity contribution >= 4 is 5.78 Å². The first-order valence-corrected chi connectivity index (χ1v) is 6.27. The van der Waals surface area contributed by atoms with Crippen LogP contribution in [0.4, 0.5) is 13.2 Å². The number of halogens is 3. The van der Waals surface area contributed by atoms with Crippen molar-refractivity contribution in [1.29, 1.82) is 0 Å². The highest BCUT2D eigenvalue weighted by Crippen LogP contribution is 2.17. The molecule has 2 aromatic carbocycles. The molecule has 2 aromatic rings. The fraction of sp³-hybridized carbons (Fsp3) is 0.188. The van der Waals surface area contributed by atoms with Gasteiger partial charge in [-0.2, -0.15) is 0 Å². The van der Waals surface area contributed by atoms with E-state index in [-0.39, 0.29) is 6.42 Å². The van der Waals surface area contributed by atoms with E-state index >= 15 is 0 Å². The summed E-state index contributed by atoms with van der Waals surface area (Å²) in [5.41, 5.74) is 1.40. The van der Waals surface area contributed by atoms with Crippen molar-refractivity contribution in [3.05, 3.63) is 70.5 Å². The Bertz CT molecular complexity index is 633. The van der Waals surface area contributed by atoms with Crippen LogP contribution in [0, 0.1) is 17.5 Å². The Morgan fingerprint density at radius 2 is 1.50 bits per heavy atom. The summed E-state index contributed by atoms with van der Waals surface area (Å²) in [6, 6.07) is 9.03. The Kier molecular flexibility index (Phi) is 4.23. The zero-order valence-corrected chi connectivity index (χ0v) is 10.9. The van der Waals surface area contributed by atoms with Crippen LogP contribution in [-0.4, -0.2) is 5.78 Å². The molecule has 1 nitrogen and oxygen atoms in total. The van der Waals surface area contributed by atoms with Gasteiger partial charge in [-0.3, -0.25) is 4.79 Å². The normalized spacial score (nSPS) is 10.6. The predicted octanol–water partition coefficient (Wildman–Crippen LogP) is 4.09. The molecule has 0 unspecified atom stereocenters. The molecular formula is C16H13F3O. The number of ketones is 1. The molecule has 0 aromatic heterocycles. The van der Waals surface area contributed by atoms with Crippen LogP contribution in [-0.2, 0) is 12.8 Å². The number of carbonyl (C=O) groups excluding carboxylic acids is 1. The van der Waals surface area contributed by atoms with E-state index in [2.05, 4.69) is 0 Å². The molecule has 0 aliphatic rings. The Labute approximate surface area is 115 Å². The van der Waals surface area contributed by atoms with Crippen LogP contribution < -0.4 is 0 Å². The highest BCUT2D eigenvalue weighted by atomic mass is 19.2. The molecule has 0 radical (unpaired) electrons. The van der Waals surface area contributed by atoms with E-state index < -0.39 is 28.8 Å². The highest BCUT2D eigenvalue weighted by molar-refractivity contribution is 5.97. The quantitative estimate of drug-likeness (QED) is 0.608. The van der Waals surface area contributed by atoms with E-state index in [1.54, 1.807) is 12.1 Å². The van der Waals surface area contributed by atoms with Gasteiger partial charge >= 0.3 is 0 Å². The van der Waals surface area contributed by atoms with E-state index in [0.29, 0.717) is 5.56 Å². The zero-order chi connectivity index (χ0) is 14.7. The number of rotatable bonds is 4. The van der Waals surface area contributed by atoms with E-state index in [9.17, 15) is 18.0 Å². The van der Waals surface area contributed by atoms with Gasteiger partial charge in [0.2, 0.25) is 0 Å². The largest absolute Gasteiger partial charge is 0.294 e. The van der Waals surface area contributed by atoms with Gasteiger partial charge in [0.05, 0.1) is 5.56 Å². The van der Waals surface area contributed by atoms with Gasteiger partial charge < -0.3 is 0 Å². The average molecular weight is 278 g/mol. The van der Waals surface area contributed by atoms with Crippen molar-refractivity contribution in [3.8, 4) is 0 Å². The third kappa shape index (κ3) is 2.90. The molecule has 0 heterocycles. The lowest BCUT2D eigenvalue weighted by atomic mass is 10.0. The molecule has 0 aliphatic heterocycles. The highest BCUT2D eigenvalue weighted by Gasteiger charge is 2.18. The standard InChI is InChI=1S/C16H13F3O/c1-2-10-3-5-11(6-4-10)9-14(20)12-7-8-13(17)16(19)15(12)18/h3-8H,2,9H2,1H3. The van der Waals surface area contributed by atoms with Crippen molar-refractivity contribution < 1.29 is 18.0 Å². The van der Waals surface area contributed by atoms with E-state index in [1.165, 1.54) is 0 Å². The zero-order valence-electron chi connectivity index (χ0n) is 10.9. The molecule has 20 heavy (non-hydrogen) atoms. The predicted molar refractivity (Wildman–Crippen MR) is 70.2 cm³/mol. The Balaban J connectivity index is 2.21. The Morgan fingerprint density at radius 3 is 2.10 bits per heavy atom. The van der Waals surface area contributed by atoms with E-state index in [4.69, 9.17) is 0 Å². The summed E-state index contributed by atoms with van der Waals surface area (Å²) < 4.78 is 39.4. The third-order valence-corrected chi connectivity index (χ3v) is 3.13. The molecule has 0 saturated heterocycles. The third-order valence-electron chi connectivity index (χ3n) is 3.13. The summed E-state index contributed by atoms with van der Waals surface area (Å²) in [6.07, 6.45) is 0.831. The molecule has 0 bridgehead atoms. The van der Waals surface area contributed by atoms with Gasteiger partial charge in [-0.1, -0.05) is 31.2 Å². The minimum atomic E-state index is -1.61. The molecule has 0 aliphatic carbocycles. The average Bonchev–Trinajstić information content (AvgIpc) is 2.45. The lowest BCUT2D eigenvalue weighted by molar-refractivity contribution is 0.0988. The van der Waals surface area contributed by atoms with Gasteiger partial charge in [0.15, 0.2) is 23.2 Å². The molecule has 4 heteroatoms. The van der Waals surface area contributed by atoms with Gasteiger partial charge in [-0.05, 0) is 29.7 Å². The SMILES string of the molecule is CCc1ccc(CC(=O)c2ccc(F)c(F)c2F)cc1. The maximum absolute atomic E-state index is 13.5. The second kappa shape index (κ2) is 5.90. The van der Waals surface area contributed by atoms with Gasteiger partial charge in [0.1, 0.15) is 0 Å². The maximum Gasteiger partial charge on any atom is 0.195 e. The fourth-order valence-electron chi connectivity index (χ4n) is 1.91. The van der Waals surface area contributed by atoms with Crippen LogP contribution in [0.5, 0.6) is 0 Å². The first-order chi connectivity index (χ1) is 9.52. The molecule has 0 spiro atoms. The van der Waals surface area contributed by atoms with Crippen LogP contribution in [0.25, 0.3) is 0 Å². The molecule has 104 valence electrons. The monoisotopic (exact) mass is 278 g/mol. The van der Waals surface area contributed by atoms with Crippen molar-refractivity contribution in [2.24, 2.45) is 0 Å². The molecular weight excluding hydrogens is 265 g/mol. The molecule has 2 rings (SSSR count). The summed E-state index contributed by atoms with van der Waals surface area (Å²) >= 11 is 0. The van der Waals surface area contributed by atoms with Crippen LogP contribution in [0.1, 0.15) is 28.4 Å². The number of carbonyl (C=O) groups is 1. The van der Waals surface area contributed by atoms with Crippen molar-refractivity contribution in [2.45, 2.75) is 19.8 Å². The summed E-state index contributed by atoms with van der Waals surface area (Å²) in [4.78, 5) is 11.9. The van der Waals surface area contributed by atoms with Gasteiger partial charge in [-0.15, -0.1) is 0 Å². The minimum absolute atomic E-state index is 0.0496. The van der Waals surface area contributed by atoms with Crippen molar-refractivity contribution in [1.82, 2.24) is 0 Å². The molecule has 0 N–H and O–H groups in total. The second-order valence-electron chi connectivity index (χ2n) is 4.49. The molecule has 0 saturated carbocycles. The van der Waals surface area contributed by atoms with Crippen LogP contribution in [0.2, 0.25) is 0 Å². The van der Waals surface area contributed by atoms with E-state index in [1.807, 2.05) is 19.1 Å². The van der Waals surface area contributed by atoms with Crippen LogP contribution >= 0.6 is 0 Å². The molecule has 0 amide bonds. The van der Waals surface area contributed by atoms with E-state index in [0.717, 1.165) is 24.1 Å². The first-order valence-electron chi connectivity index (χ1n) is 6.27. The fourth-order valence-corrected chi connectivity index (χ4v) is 1.91. The number of benzene rings is 2. The number of aryl methyl sites for hydroxylation is 1.